The molecule has 10 aromatic carbocycles. The minimum Gasteiger partial charge on any atom is -0.457 e. The summed E-state index contributed by atoms with van der Waals surface area (Å²) >= 11 is 0. The summed E-state index contributed by atoms with van der Waals surface area (Å²) in [6, 6.07) is 61.5. The third-order valence-electron chi connectivity index (χ3n) is 12.3. The van der Waals surface area contributed by atoms with Crippen molar-refractivity contribution in [1.82, 2.24) is 0 Å². The summed E-state index contributed by atoms with van der Waals surface area (Å²) in [5.74, 6) is 4.46. The van der Waals surface area contributed by atoms with Crippen LogP contribution in [0.25, 0.3) is 21.5 Å². The second-order valence-electron chi connectivity index (χ2n) is 17.5. The summed E-state index contributed by atoms with van der Waals surface area (Å²) in [4.78, 5) is 26.6. The molecule has 0 spiro atoms. The normalized spacial score (nSPS) is 11.3. The van der Waals surface area contributed by atoms with Crippen LogP contribution in [0.3, 0.4) is 0 Å². The van der Waals surface area contributed by atoms with Crippen LogP contribution in [0, 0.1) is 27.7 Å². The quantitative estimate of drug-likeness (QED) is 0.0993. The average Bonchev–Trinajstić information content (AvgIpc) is 3.38. The number of hydrogen-bond acceptors (Lipinski definition) is 8. The number of hydrogen-bond donors (Lipinski definition) is 0. The van der Waals surface area contributed by atoms with Gasteiger partial charge in [0.1, 0.15) is 46.0 Å². The molecule has 0 atom stereocenters. The van der Waals surface area contributed by atoms with Gasteiger partial charge in [-0.1, -0.05) is 59.7 Å². The summed E-state index contributed by atoms with van der Waals surface area (Å²) in [5, 5.41) is 3.74. The van der Waals surface area contributed by atoms with Gasteiger partial charge in [-0.05, 0) is 218 Å². The van der Waals surface area contributed by atoms with E-state index >= 15 is 0 Å². The van der Waals surface area contributed by atoms with Crippen LogP contribution < -0.4 is 18.9 Å². The van der Waals surface area contributed by atoms with Crippen molar-refractivity contribution in [3.63, 3.8) is 0 Å². The first-order valence-corrected chi connectivity index (χ1v) is 24.5. The molecule has 0 unspecified atom stereocenters. The van der Waals surface area contributed by atoms with Crippen molar-refractivity contribution in [2.45, 2.75) is 37.5 Å². The second-order valence-corrected chi connectivity index (χ2v) is 19.5. The van der Waals surface area contributed by atoms with Crippen LogP contribution in [0.5, 0.6) is 46.0 Å². The van der Waals surface area contributed by atoms with Crippen LogP contribution in [-0.4, -0.2) is 20.0 Å². The zero-order valence-corrected chi connectivity index (χ0v) is 40.1. The summed E-state index contributed by atoms with van der Waals surface area (Å²) in [6.45, 7) is 7.82. The van der Waals surface area contributed by atoms with Gasteiger partial charge in [0, 0.05) is 22.3 Å². The Morgan fingerprint density at radius 3 is 0.901 bits per heavy atom. The maximum Gasteiger partial charge on any atom is 0.206 e. The summed E-state index contributed by atoms with van der Waals surface area (Å²) in [5.41, 5.74) is 6.49. The summed E-state index contributed by atoms with van der Waals surface area (Å²) in [6.07, 6.45) is 0. The first kappa shape index (κ1) is 46.0. The fraction of sp³-hybridized carbons (Fsp3) is 0.0645. The van der Waals surface area contributed by atoms with E-state index in [1.54, 1.807) is 72.8 Å². The lowest BCUT2D eigenvalue weighted by Gasteiger charge is -2.11. The molecule has 0 N–H and O–H groups in total. The third kappa shape index (κ3) is 10.2. The molecule has 0 aliphatic heterocycles. The molecule has 0 heterocycles. The fourth-order valence-electron chi connectivity index (χ4n) is 8.33. The van der Waals surface area contributed by atoms with Gasteiger partial charge in [-0.3, -0.25) is 9.59 Å². The highest BCUT2D eigenvalue weighted by Gasteiger charge is 2.19. The van der Waals surface area contributed by atoms with Crippen molar-refractivity contribution < 1.29 is 37.0 Å². The van der Waals surface area contributed by atoms with Gasteiger partial charge in [-0.25, -0.2) is 8.42 Å². The molecule has 10 aromatic rings. The van der Waals surface area contributed by atoms with Crippen molar-refractivity contribution in [2.24, 2.45) is 0 Å². The molecule has 0 bridgehead atoms. The number of ketones is 2. The minimum absolute atomic E-state index is 0.0311. The number of ether oxygens (including phenoxy) is 4. The molecule has 10 rings (SSSR count). The Labute approximate surface area is 412 Å². The second kappa shape index (κ2) is 19.3. The maximum atomic E-state index is 13.7. The summed E-state index contributed by atoms with van der Waals surface area (Å²) in [7, 11) is -3.86. The van der Waals surface area contributed by atoms with Gasteiger partial charge in [0.2, 0.25) is 9.84 Å². The lowest BCUT2D eigenvalue weighted by atomic mass is 9.97. The standard InChI is InChI=1S/C62H46O8S/c1-39-5-7-41(3)59(33-39)61(63)45-13-17-49(18-14-45)67-53-21-9-43-11-23-55(37-47(43)35-53)69-51-25-29-57(30-26-51)71(65,66)58-31-27-52(28-32-58)70-56-24-12-44-10-22-54(36-48(44)38-56)68-50-19-15-46(16-20-50)62(64)60-34-40(2)6-8-42(60)4/h5-38H,1-4H3. The Kier molecular flexibility index (Phi) is 12.5. The van der Waals surface area contributed by atoms with Crippen LogP contribution in [0.2, 0.25) is 0 Å². The number of carbonyl (C=O) groups excluding carboxylic acids is 2. The van der Waals surface area contributed by atoms with E-state index in [1.165, 1.54) is 24.3 Å². The van der Waals surface area contributed by atoms with E-state index in [-0.39, 0.29) is 21.4 Å². The Morgan fingerprint density at radius 2 is 0.592 bits per heavy atom. The molecular formula is C62H46O8S. The molecule has 0 amide bonds. The number of rotatable bonds is 14. The monoisotopic (exact) mass is 950 g/mol. The smallest absolute Gasteiger partial charge is 0.206 e. The first-order valence-electron chi connectivity index (χ1n) is 23.0. The van der Waals surface area contributed by atoms with E-state index in [0.29, 0.717) is 68.2 Å². The van der Waals surface area contributed by atoms with E-state index in [0.717, 1.165) is 43.8 Å². The molecule has 0 radical (unpaired) electrons. The third-order valence-corrected chi connectivity index (χ3v) is 14.1. The lowest BCUT2D eigenvalue weighted by Crippen LogP contribution is -2.04. The van der Waals surface area contributed by atoms with Crippen LogP contribution in [0.4, 0.5) is 0 Å². The van der Waals surface area contributed by atoms with Gasteiger partial charge in [-0.2, -0.15) is 0 Å². The van der Waals surface area contributed by atoms with Gasteiger partial charge in [-0.15, -0.1) is 0 Å². The van der Waals surface area contributed by atoms with Gasteiger partial charge in [0.15, 0.2) is 11.6 Å². The predicted octanol–water partition coefficient (Wildman–Crippen LogP) is 15.7. The van der Waals surface area contributed by atoms with Gasteiger partial charge in [0.05, 0.1) is 9.79 Å². The number of aryl methyl sites for hydroxylation is 4. The van der Waals surface area contributed by atoms with E-state index < -0.39 is 9.84 Å². The van der Waals surface area contributed by atoms with E-state index in [9.17, 15) is 18.0 Å². The molecule has 0 saturated carbocycles. The molecule has 0 saturated heterocycles. The van der Waals surface area contributed by atoms with Gasteiger partial charge < -0.3 is 18.9 Å². The highest BCUT2D eigenvalue weighted by Crippen LogP contribution is 2.34. The molecule has 0 aromatic heterocycles. The number of fused-ring (bicyclic) bond motifs is 2. The number of sulfone groups is 1. The van der Waals surface area contributed by atoms with Crippen LogP contribution in [0.1, 0.15) is 54.1 Å². The van der Waals surface area contributed by atoms with E-state index in [2.05, 4.69) is 0 Å². The molecule has 348 valence electrons. The maximum absolute atomic E-state index is 13.7. The topological polar surface area (TPSA) is 105 Å². The predicted molar refractivity (Wildman–Crippen MR) is 278 cm³/mol. The molecular weight excluding hydrogens is 905 g/mol. The highest BCUT2D eigenvalue weighted by atomic mass is 32.2. The van der Waals surface area contributed by atoms with E-state index in [1.807, 2.05) is 137 Å². The average molecular weight is 951 g/mol. The van der Waals surface area contributed by atoms with Crippen LogP contribution >= 0.6 is 0 Å². The SMILES string of the molecule is Cc1ccc(C)c(C(=O)c2ccc(Oc3ccc4ccc(Oc5ccc(S(=O)(=O)c6ccc(Oc7ccc8ccc(Oc9ccc(C(=O)c%10cc(C)ccc%10C)cc9)cc8c7)cc6)cc5)cc4c3)cc2)c1. The van der Waals surface area contributed by atoms with Crippen molar-refractivity contribution >= 4 is 42.9 Å². The minimum atomic E-state index is -3.86. The zero-order valence-electron chi connectivity index (χ0n) is 39.3. The molecule has 0 aliphatic carbocycles. The van der Waals surface area contributed by atoms with Gasteiger partial charge >= 0.3 is 0 Å². The molecule has 0 aliphatic rings. The van der Waals surface area contributed by atoms with Crippen molar-refractivity contribution in [1.29, 1.82) is 0 Å². The lowest BCUT2D eigenvalue weighted by molar-refractivity contribution is 0.103. The van der Waals surface area contributed by atoms with Crippen LogP contribution in [-0.2, 0) is 9.84 Å². The Hall–Kier alpha value is -8.79. The largest absolute Gasteiger partial charge is 0.457 e. The van der Waals surface area contributed by atoms with Crippen molar-refractivity contribution in [2.75, 3.05) is 0 Å². The zero-order chi connectivity index (χ0) is 49.2. The Bertz CT molecular complexity index is 3520. The highest BCUT2D eigenvalue weighted by molar-refractivity contribution is 7.91. The first-order chi connectivity index (χ1) is 34.3. The van der Waals surface area contributed by atoms with Gasteiger partial charge in [0.25, 0.3) is 0 Å². The molecule has 0 fully saturated rings. The van der Waals surface area contributed by atoms with Crippen molar-refractivity contribution in [3.8, 4) is 46.0 Å². The summed E-state index contributed by atoms with van der Waals surface area (Å²) < 4.78 is 52.1. The van der Waals surface area contributed by atoms with Crippen molar-refractivity contribution in [3.05, 3.63) is 251 Å². The fourth-order valence-corrected chi connectivity index (χ4v) is 9.60. The number of benzene rings is 10. The Morgan fingerprint density at radius 1 is 0.310 bits per heavy atom. The molecule has 71 heavy (non-hydrogen) atoms. The number of carbonyl (C=O) groups is 2. The molecule has 9 heteroatoms. The molecule has 8 nitrogen and oxygen atoms in total. The Balaban J connectivity index is 0.757. The van der Waals surface area contributed by atoms with E-state index in [4.69, 9.17) is 18.9 Å². The van der Waals surface area contributed by atoms with Crippen LogP contribution in [0.15, 0.2) is 216 Å².